The van der Waals surface area contributed by atoms with Crippen molar-refractivity contribution in [3.05, 3.63) is 95.4 Å². The number of carboxylic acid groups (broad SMARTS) is 1. The number of allylic oxidation sites excluding steroid dienone is 3. The first-order valence-electron chi connectivity index (χ1n) is 13.5. The number of nitrogens with zero attached hydrogens (tertiary/aromatic N) is 4. The number of primary amides is 1. The second kappa shape index (κ2) is 12.7. The molecule has 0 bridgehead atoms. The van der Waals surface area contributed by atoms with Crippen LogP contribution in [0.25, 0.3) is 16.7 Å². The van der Waals surface area contributed by atoms with Crippen molar-refractivity contribution in [3.8, 4) is 5.69 Å². The molecule has 228 valence electrons. The van der Waals surface area contributed by atoms with Crippen LogP contribution < -0.4 is 5.73 Å². The van der Waals surface area contributed by atoms with Crippen molar-refractivity contribution >= 4 is 34.5 Å². The van der Waals surface area contributed by atoms with Gasteiger partial charge in [-0.15, -0.1) is 11.6 Å². The van der Waals surface area contributed by atoms with Crippen molar-refractivity contribution in [3.63, 3.8) is 0 Å². The first-order chi connectivity index (χ1) is 20.2. The summed E-state index contributed by atoms with van der Waals surface area (Å²) >= 11 is 7.54. The molecule has 2 aliphatic rings. The third-order valence-electron chi connectivity index (χ3n) is 7.59. The number of carbonyl (C=O) groups excluding carboxylic acids is 1. The van der Waals surface area contributed by atoms with Gasteiger partial charge in [0.2, 0.25) is 5.91 Å². The lowest BCUT2D eigenvalue weighted by atomic mass is 9.82. The van der Waals surface area contributed by atoms with Gasteiger partial charge in [-0.1, -0.05) is 42.5 Å². The van der Waals surface area contributed by atoms with E-state index in [1.807, 2.05) is 37.4 Å². The molecule has 1 saturated heterocycles. The largest absolute Gasteiger partial charge is 0.490 e. The number of carbonyl (C=O) groups is 2. The smallest absolute Gasteiger partial charge is 0.475 e. The molecular weight excluding hydrogens is 583 g/mol. The molecule has 8 nitrogen and oxygen atoms in total. The number of hydrogen-bond donors (Lipinski definition) is 2. The number of hydrogen-bond acceptors (Lipinski definition) is 5. The molecule has 12 heteroatoms. The van der Waals surface area contributed by atoms with Gasteiger partial charge in [-0.2, -0.15) is 13.2 Å². The van der Waals surface area contributed by atoms with Crippen LogP contribution in [0.3, 0.4) is 0 Å². The molecule has 0 radical (unpaired) electrons. The van der Waals surface area contributed by atoms with Gasteiger partial charge in [0.05, 0.1) is 4.87 Å². The second-order valence-electron chi connectivity index (χ2n) is 10.7. The number of likely N-dealkylation sites (N-methyl/N-ethyl adjacent to an activating group) is 1. The minimum absolute atomic E-state index is 0.313. The number of benzene rings is 1. The molecule has 1 unspecified atom stereocenters. The number of alkyl halides is 4. The molecule has 1 amide bonds. The van der Waals surface area contributed by atoms with E-state index in [2.05, 4.69) is 58.3 Å². The minimum Gasteiger partial charge on any atom is -0.475 e. The fourth-order valence-corrected chi connectivity index (χ4v) is 5.89. The van der Waals surface area contributed by atoms with Gasteiger partial charge in [-0.05, 0) is 50.2 Å². The molecule has 43 heavy (non-hydrogen) atoms. The molecule has 2 aromatic heterocycles. The summed E-state index contributed by atoms with van der Waals surface area (Å²) in [6.07, 6.45) is 1.20. The Morgan fingerprint density at radius 3 is 2.30 bits per heavy atom. The van der Waals surface area contributed by atoms with Crippen LogP contribution >= 0.6 is 11.6 Å². The zero-order valence-electron chi connectivity index (χ0n) is 23.9. The van der Waals surface area contributed by atoms with E-state index in [1.54, 1.807) is 0 Å². The third-order valence-corrected chi connectivity index (χ3v) is 8.04. The highest BCUT2D eigenvalue weighted by Crippen LogP contribution is 2.47. The summed E-state index contributed by atoms with van der Waals surface area (Å²) in [6.45, 7) is 10.7. The maximum atomic E-state index is 11.8. The normalized spacial score (nSPS) is 19.7. The van der Waals surface area contributed by atoms with E-state index < -0.39 is 22.9 Å². The first kappa shape index (κ1) is 32.0. The number of fused-ring (bicyclic) bond motifs is 1. The molecule has 3 aromatic rings. The van der Waals surface area contributed by atoms with Crippen LogP contribution in [0.15, 0.2) is 84.1 Å². The van der Waals surface area contributed by atoms with Crippen LogP contribution in [0.1, 0.15) is 24.6 Å². The van der Waals surface area contributed by atoms with Crippen LogP contribution in [-0.4, -0.2) is 75.7 Å². The van der Waals surface area contributed by atoms with Crippen LogP contribution in [0.2, 0.25) is 0 Å². The average molecular weight is 616 g/mol. The lowest BCUT2D eigenvalue weighted by Crippen LogP contribution is -2.44. The number of aromatic nitrogens is 2. The van der Waals surface area contributed by atoms with E-state index in [4.69, 9.17) is 32.2 Å². The molecule has 1 aromatic carbocycles. The third kappa shape index (κ3) is 7.01. The van der Waals surface area contributed by atoms with E-state index in [9.17, 15) is 18.0 Å². The molecule has 3 N–H and O–H groups in total. The quantitative estimate of drug-likeness (QED) is 0.293. The van der Waals surface area contributed by atoms with Gasteiger partial charge in [0.25, 0.3) is 0 Å². The van der Waals surface area contributed by atoms with Crippen molar-refractivity contribution < 1.29 is 27.9 Å². The van der Waals surface area contributed by atoms with E-state index in [1.165, 1.54) is 0 Å². The van der Waals surface area contributed by atoms with Crippen molar-refractivity contribution in [1.82, 2.24) is 19.4 Å². The highest BCUT2D eigenvalue weighted by molar-refractivity contribution is 6.27. The monoisotopic (exact) mass is 615 g/mol. The van der Waals surface area contributed by atoms with Gasteiger partial charge in [0.1, 0.15) is 5.65 Å². The zero-order chi connectivity index (χ0) is 31.5. The Hall–Kier alpha value is -3.93. The van der Waals surface area contributed by atoms with Crippen molar-refractivity contribution in [2.45, 2.75) is 30.9 Å². The molecule has 1 aliphatic carbocycles. The van der Waals surface area contributed by atoms with E-state index in [0.29, 0.717) is 12.0 Å². The Bertz CT molecular complexity index is 1590. The number of rotatable bonds is 6. The van der Waals surface area contributed by atoms with Gasteiger partial charge in [-0.3, -0.25) is 14.3 Å². The second-order valence-corrected chi connectivity index (χ2v) is 11.3. The highest BCUT2D eigenvalue weighted by atomic mass is 35.5. The average Bonchev–Trinajstić information content (AvgIpc) is 3.28. The van der Waals surface area contributed by atoms with Gasteiger partial charge >= 0.3 is 12.1 Å². The van der Waals surface area contributed by atoms with Gasteiger partial charge in [-0.25, -0.2) is 9.78 Å². The van der Waals surface area contributed by atoms with Gasteiger partial charge in [0.15, 0.2) is 0 Å². The van der Waals surface area contributed by atoms with Gasteiger partial charge in [0, 0.05) is 66.8 Å². The summed E-state index contributed by atoms with van der Waals surface area (Å²) in [5.41, 5.74) is 11.8. The number of pyridine rings is 1. The van der Waals surface area contributed by atoms with E-state index >= 15 is 0 Å². The summed E-state index contributed by atoms with van der Waals surface area (Å²) in [5.74, 6) is -3.27. The molecule has 1 atom stereocenters. The number of piperazine rings is 1. The number of halogens is 4. The molecule has 1 fully saturated rings. The lowest BCUT2D eigenvalue weighted by Gasteiger charge is -2.35. The molecule has 0 spiro atoms. The summed E-state index contributed by atoms with van der Waals surface area (Å²) in [5, 5.41) is 8.16. The number of aliphatic carboxylic acids is 1. The topological polar surface area (TPSA) is 105 Å². The minimum atomic E-state index is -5.08. The van der Waals surface area contributed by atoms with E-state index in [0.717, 1.165) is 71.8 Å². The van der Waals surface area contributed by atoms with E-state index in [-0.39, 0.29) is 0 Å². The van der Waals surface area contributed by atoms with Crippen molar-refractivity contribution in [2.24, 2.45) is 5.73 Å². The van der Waals surface area contributed by atoms with Crippen LogP contribution in [-0.2, 0) is 21.0 Å². The van der Waals surface area contributed by atoms with Gasteiger partial charge < -0.3 is 15.7 Å². The predicted molar refractivity (Wildman–Crippen MR) is 160 cm³/mol. The number of amides is 1. The Morgan fingerprint density at radius 1 is 1.12 bits per heavy atom. The summed E-state index contributed by atoms with van der Waals surface area (Å²) in [6, 6.07) is 14.4. The van der Waals surface area contributed by atoms with Crippen LogP contribution in [0.4, 0.5) is 13.2 Å². The molecule has 1 aliphatic heterocycles. The SMILES string of the molecule is C=C(C(N)=O)C1=C(C)CC(Cl)(c2c(CN3CCN(C)CC3)n(-c3ccccc3)c3ncccc23)C=C1.O=C(O)C(F)(F)F. The molecular formula is C31H33ClF3N5O3. The standard InChI is InChI=1S/C29H32ClN5O.C2HF3O2/c1-20-18-29(30,12-11-23(20)21(2)27(31)36)26-24-10-7-13-32-28(24)35(22-8-5-4-6-9-22)25(26)19-34-16-14-33(3)15-17-34;3-2(4,5)1(6)7/h4-13H,2,14-19H2,1,3H3,(H2,31,36);(H,6,7). The summed E-state index contributed by atoms with van der Waals surface area (Å²) in [4.78, 5) is 29.6. The molecule has 3 heterocycles. The Balaban J connectivity index is 0.000000541. The zero-order valence-corrected chi connectivity index (χ0v) is 24.6. The highest BCUT2D eigenvalue weighted by Gasteiger charge is 2.39. The Kier molecular flexibility index (Phi) is 9.48. The summed E-state index contributed by atoms with van der Waals surface area (Å²) in [7, 11) is 2.17. The Morgan fingerprint density at radius 2 is 1.74 bits per heavy atom. The van der Waals surface area contributed by atoms with Crippen molar-refractivity contribution in [2.75, 3.05) is 33.2 Å². The Labute approximate surface area is 252 Å². The maximum absolute atomic E-state index is 11.8. The van der Waals surface area contributed by atoms with Crippen LogP contribution in [0, 0.1) is 0 Å². The predicted octanol–water partition coefficient (Wildman–Crippen LogP) is 5.16. The fraction of sp³-hybridized carbons (Fsp3) is 0.323. The summed E-state index contributed by atoms with van der Waals surface area (Å²) < 4.78 is 34.0. The fourth-order valence-electron chi connectivity index (χ4n) is 5.41. The number of nitrogens with two attached hydrogens (primary N) is 1. The number of para-hydroxylation sites is 1. The number of carboxylic acids is 1. The molecule has 0 saturated carbocycles. The van der Waals surface area contributed by atoms with Crippen LogP contribution in [0.5, 0.6) is 0 Å². The molecule has 5 rings (SSSR count). The lowest BCUT2D eigenvalue weighted by molar-refractivity contribution is -0.192. The first-order valence-corrected chi connectivity index (χ1v) is 13.9. The maximum Gasteiger partial charge on any atom is 0.490 e. The van der Waals surface area contributed by atoms with Crippen molar-refractivity contribution in [1.29, 1.82) is 0 Å².